The molecule has 0 aliphatic carbocycles. The molecule has 2 saturated heterocycles. The van der Waals surface area contributed by atoms with Crippen molar-refractivity contribution in [3.05, 3.63) is 40.3 Å². The van der Waals surface area contributed by atoms with Gasteiger partial charge in [-0.1, -0.05) is 35.6 Å². The lowest BCUT2D eigenvalue weighted by Gasteiger charge is -2.32. The van der Waals surface area contributed by atoms with Crippen LogP contribution in [-0.2, 0) is 9.59 Å². The number of piperidine rings is 1. The molecule has 156 valence electrons. The summed E-state index contributed by atoms with van der Waals surface area (Å²) in [4.78, 5) is 33.6. The van der Waals surface area contributed by atoms with Crippen LogP contribution in [0.5, 0.6) is 0 Å². The maximum Gasteiger partial charge on any atom is 0.266 e. The normalized spacial score (nSPS) is 19.3. The molecule has 0 unspecified atom stereocenters. The van der Waals surface area contributed by atoms with Crippen LogP contribution < -0.4 is 10.6 Å². The summed E-state index contributed by atoms with van der Waals surface area (Å²) in [6.45, 7) is 5.94. The van der Waals surface area contributed by atoms with Crippen molar-refractivity contribution in [1.29, 1.82) is 0 Å². The number of thioether (sulfide) groups is 1. The minimum Gasteiger partial charge on any atom is -0.369 e. The zero-order chi connectivity index (χ0) is 21.4. The number of carbonyl (C=O) groups is 2. The molecule has 2 aromatic rings. The number of likely N-dealkylation sites (N-methyl/N-ethyl adjacent to an activating group) is 1. The molecule has 30 heavy (non-hydrogen) atoms. The first-order chi connectivity index (χ1) is 14.4. The molecular weight excluding hydrogens is 416 g/mol. The smallest absolute Gasteiger partial charge is 0.266 e. The van der Waals surface area contributed by atoms with Crippen LogP contribution in [0, 0.1) is 12.8 Å². The number of pyridine rings is 1. The molecule has 2 aliphatic rings. The molecule has 1 aromatic carbocycles. The number of rotatable bonds is 4. The van der Waals surface area contributed by atoms with Gasteiger partial charge in [-0.3, -0.25) is 14.5 Å². The van der Waals surface area contributed by atoms with Crippen molar-refractivity contribution in [2.75, 3.05) is 24.5 Å². The van der Waals surface area contributed by atoms with Gasteiger partial charge in [-0.15, -0.1) is 0 Å². The number of amides is 2. The molecule has 1 aromatic heterocycles. The van der Waals surface area contributed by atoms with E-state index in [9.17, 15) is 9.59 Å². The first kappa shape index (κ1) is 20.8. The number of thiocarbonyl (C=S) groups is 1. The Morgan fingerprint density at radius 1 is 1.33 bits per heavy atom. The number of primary amides is 1. The van der Waals surface area contributed by atoms with E-state index >= 15 is 0 Å². The highest BCUT2D eigenvalue weighted by Crippen LogP contribution is 2.35. The number of fused-ring (bicyclic) bond motifs is 1. The van der Waals surface area contributed by atoms with Crippen molar-refractivity contribution < 1.29 is 9.59 Å². The van der Waals surface area contributed by atoms with Gasteiger partial charge in [-0.05, 0) is 51.0 Å². The summed E-state index contributed by atoms with van der Waals surface area (Å²) < 4.78 is 0.585. The maximum absolute atomic E-state index is 12.7. The van der Waals surface area contributed by atoms with E-state index in [1.807, 2.05) is 32.1 Å². The Kier molecular flexibility index (Phi) is 5.79. The van der Waals surface area contributed by atoms with Crippen LogP contribution in [-0.4, -0.2) is 45.7 Å². The summed E-state index contributed by atoms with van der Waals surface area (Å²) in [6, 6.07) is 8.25. The lowest BCUT2D eigenvalue weighted by molar-refractivity contribution is -0.123. The summed E-state index contributed by atoms with van der Waals surface area (Å²) in [7, 11) is 0. The van der Waals surface area contributed by atoms with Gasteiger partial charge in [-0.25, -0.2) is 4.98 Å². The lowest BCUT2D eigenvalue weighted by Crippen LogP contribution is -2.39. The van der Waals surface area contributed by atoms with Gasteiger partial charge in [0.2, 0.25) is 5.91 Å². The SMILES string of the molecule is CCN1C(=O)/C(=C/c2cc3cc(C)ccc3nc2N2CCC(C(N)=O)CC2)SC1=S. The van der Waals surface area contributed by atoms with E-state index in [0.717, 1.165) is 27.8 Å². The van der Waals surface area contributed by atoms with Crippen molar-refractivity contribution in [1.82, 2.24) is 9.88 Å². The van der Waals surface area contributed by atoms with E-state index in [2.05, 4.69) is 17.0 Å². The summed E-state index contributed by atoms with van der Waals surface area (Å²) in [6.07, 6.45) is 3.32. The highest BCUT2D eigenvalue weighted by atomic mass is 32.2. The number of aromatic nitrogens is 1. The molecular formula is C22H24N4O2S2. The highest BCUT2D eigenvalue weighted by Gasteiger charge is 2.31. The molecule has 0 radical (unpaired) electrons. The standard InChI is InChI=1S/C22H24N4O2S2/c1-3-26-21(28)18(30-22(26)29)12-16-11-15-10-13(2)4-5-17(15)24-20(16)25-8-6-14(7-9-25)19(23)27/h4-5,10-12,14H,3,6-9H2,1-2H3,(H2,23,27)/b18-12-. The molecule has 3 heterocycles. The summed E-state index contributed by atoms with van der Waals surface area (Å²) in [5, 5.41) is 1.03. The fourth-order valence-corrected chi connectivity index (χ4v) is 5.33. The van der Waals surface area contributed by atoms with Crippen LogP contribution in [0.1, 0.15) is 30.9 Å². The monoisotopic (exact) mass is 440 g/mol. The molecule has 8 heteroatoms. The van der Waals surface area contributed by atoms with E-state index in [0.29, 0.717) is 41.7 Å². The van der Waals surface area contributed by atoms with Crippen LogP contribution in [0.15, 0.2) is 29.2 Å². The Morgan fingerprint density at radius 3 is 2.70 bits per heavy atom. The quantitative estimate of drug-likeness (QED) is 0.579. The van der Waals surface area contributed by atoms with E-state index in [4.69, 9.17) is 22.9 Å². The summed E-state index contributed by atoms with van der Waals surface area (Å²) in [5.41, 5.74) is 8.45. The summed E-state index contributed by atoms with van der Waals surface area (Å²) in [5.74, 6) is 0.444. The maximum atomic E-state index is 12.7. The topological polar surface area (TPSA) is 79.5 Å². The second-order valence-corrected chi connectivity index (χ2v) is 9.36. The molecule has 6 nitrogen and oxygen atoms in total. The minimum atomic E-state index is -0.236. The van der Waals surface area contributed by atoms with Crippen molar-refractivity contribution in [2.24, 2.45) is 11.7 Å². The van der Waals surface area contributed by atoms with E-state index in [1.165, 1.54) is 11.8 Å². The second-order valence-electron chi connectivity index (χ2n) is 7.69. The van der Waals surface area contributed by atoms with Gasteiger partial charge in [0, 0.05) is 36.5 Å². The molecule has 4 rings (SSSR count). The Labute approximate surface area is 185 Å². The number of benzene rings is 1. The van der Waals surface area contributed by atoms with Gasteiger partial charge >= 0.3 is 0 Å². The number of aryl methyl sites for hydroxylation is 1. The van der Waals surface area contributed by atoms with Gasteiger partial charge in [0.15, 0.2) is 0 Å². The third-order valence-electron chi connectivity index (χ3n) is 5.65. The first-order valence-corrected chi connectivity index (χ1v) is 11.3. The molecule has 0 saturated carbocycles. The molecule has 2 N–H and O–H groups in total. The molecule has 0 spiro atoms. The predicted molar refractivity (Wildman–Crippen MR) is 126 cm³/mol. The van der Waals surface area contributed by atoms with E-state index in [1.54, 1.807) is 4.90 Å². The number of nitrogens with zero attached hydrogens (tertiary/aromatic N) is 3. The van der Waals surface area contributed by atoms with Crippen molar-refractivity contribution in [3.8, 4) is 0 Å². The van der Waals surface area contributed by atoms with Crippen LogP contribution in [0.2, 0.25) is 0 Å². The Hall–Kier alpha value is -2.45. The van der Waals surface area contributed by atoms with E-state index in [-0.39, 0.29) is 17.7 Å². The third kappa shape index (κ3) is 3.94. The number of anilines is 1. The van der Waals surface area contributed by atoms with Gasteiger partial charge in [0.1, 0.15) is 10.1 Å². The Balaban J connectivity index is 1.76. The minimum absolute atomic E-state index is 0.0600. The fraction of sp³-hybridized carbons (Fsp3) is 0.364. The largest absolute Gasteiger partial charge is 0.369 e. The summed E-state index contributed by atoms with van der Waals surface area (Å²) >= 11 is 6.69. The third-order valence-corrected chi connectivity index (χ3v) is 7.03. The van der Waals surface area contributed by atoms with Crippen LogP contribution >= 0.6 is 24.0 Å². The molecule has 0 atom stereocenters. The molecule has 0 bridgehead atoms. The second kappa shape index (κ2) is 8.35. The predicted octanol–water partition coefficient (Wildman–Crippen LogP) is 3.47. The number of nitrogens with two attached hydrogens (primary N) is 1. The van der Waals surface area contributed by atoms with Crippen LogP contribution in [0.3, 0.4) is 0 Å². The number of hydrogen-bond donors (Lipinski definition) is 1. The molecule has 2 amide bonds. The van der Waals surface area contributed by atoms with Gasteiger partial charge < -0.3 is 10.6 Å². The molecule has 2 fully saturated rings. The highest BCUT2D eigenvalue weighted by molar-refractivity contribution is 8.26. The number of hydrogen-bond acceptors (Lipinski definition) is 6. The Morgan fingerprint density at radius 2 is 2.07 bits per heavy atom. The van der Waals surface area contributed by atoms with Gasteiger partial charge in [0.05, 0.1) is 10.4 Å². The zero-order valence-electron chi connectivity index (χ0n) is 17.1. The van der Waals surface area contributed by atoms with Crippen LogP contribution in [0.4, 0.5) is 5.82 Å². The van der Waals surface area contributed by atoms with Crippen LogP contribution in [0.25, 0.3) is 17.0 Å². The van der Waals surface area contributed by atoms with Gasteiger partial charge in [-0.2, -0.15) is 0 Å². The zero-order valence-corrected chi connectivity index (χ0v) is 18.7. The van der Waals surface area contributed by atoms with Gasteiger partial charge in [0.25, 0.3) is 5.91 Å². The lowest BCUT2D eigenvalue weighted by atomic mass is 9.96. The fourth-order valence-electron chi connectivity index (χ4n) is 3.95. The average Bonchev–Trinajstić information content (AvgIpc) is 2.99. The first-order valence-electron chi connectivity index (χ1n) is 10.1. The van der Waals surface area contributed by atoms with Crippen molar-refractivity contribution in [3.63, 3.8) is 0 Å². The van der Waals surface area contributed by atoms with E-state index < -0.39 is 0 Å². The van der Waals surface area contributed by atoms with Crippen molar-refractivity contribution in [2.45, 2.75) is 26.7 Å². The Bertz CT molecular complexity index is 1070. The number of carbonyl (C=O) groups excluding carboxylic acids is 2. The van der Waals surface area contributed by atoms with Crippen molar-refractivity contribution >= 4 is 62.9 Å². The average molecular weight is 441 g/mol. The molecule has 2 aliphatic heterocycles.